The first-order valence-corrected chi connectivity index (χ1v) is 10.4. The zero-order chi connectivity index (χ0) is 22.9. The van der Waals surface area contributed by atoms with Crippen LogP contribution in [0.5, 0.6) is 6.01 Å². The van der Waals surface area contributed by atoms with E-state index < -0.39 is 18.1 Å². The number of nitrogens with two attached hydrogens (primary N) is 1. The van der Waals surface area contributed by atoms with Crippen molar-refractivity contribution in [3.8, 4) is 17.1 Å². The predicted molar refractivity (Wildman–Crippen MR) is 117 cm³/mol. The molecule has 3 N–H and O–H groups in total. The number of nitrogens with zero attached hydrogens (tertiary/aromatic N) is 3. The lowest BCUT2D eigenvalue weighted by molar-refractivity contribution is -0.147. The van der Waals surface area contributed by atoms with Crippen LogP contribution in [0.4, 0.5) is 4.39 Å². The molecule has 2 atom stereocenters. The minimum absolute atomic E-state index is 0.0225. The SMILES string of the molecule is CC(C)[C@H](N)C(=O)OC[C@H](C(C)C)n1c(O)nc2ncc(Cl)c(-c3ccc(F)cc3)c21. The molecular formula is C22H26ClFN4O3. The van der Waals surface area contributed by atoms with Gasteiger partial charge in [0.25, 0.3) is 6.01 Å². The topological polar surface area (TPSA) is 103 Å². The molecule has 0 aliphatic carbocycles. The monoisotopic (exact) mass is 448 g/mol. The largest absolute Gasteiger partial charge is 0.480 e. The molecule has 0 saturated heterocycles. The Morgan fingerprint density at radius 2 is 1.87 bits per heavy atom. The number of aromatic hydroxyl groups is 1. The molecule has 0 aliphatic heterocycles. The molecule has 2 aromatic heterocycles. The van der Waals surface area contributed by atoms with E-state index in [0.717, 1.165) is 0 Å². The number of carbonyl (C=O) groups excluding carboxylic acids is 1. The van der Waals surface area contributed by atoms with Crippen LogP contribution in [-0.4, -0.2) is 38.3 Å². The van der Waals surface area contributed by atoms with Crippen LogP contribution in [-0.2, 0) is 9.53 Å². The highest BCUT2D eigenvalue weighted by Gasteiger charge is 2.28. The highest BCUT2D eigenvalue weighted by atomic mass is 35.5. The van der Waals surface area contributed by atoms with Gasteiger partial charge in [-0.1, -0.05) is 51.4 Å². The highest BCUT2D eigenvalue weighted by Crippen LogP contribution is 2.39. The lowest BCUT2D eigenvalue weighted by Crippen LogP contribution is -2.38. The first-order valence-electron chi connectivity index (χ1n) is 10.0. The maximum atomic E-state index is 13.5. The fraction of sp³-hybridized carbons (Fsp3) is 0.409. The van der Waals surface area contributed by atoms with E-state index >= 15 is 0 Å². The molecule has 0 unspecified atom stereocenters. The molecule has 0 aliphatic rings. The average molecular weight is 449 g/mol. The molecule has 3 rings (SSSR count). The maximum absolute atomic E-state index is 13.5. The van der Waals surface area contributed by atoms with Crippen molar-refractivity contribution in [3.05, 3.63) is 41.3 Å². The van der Waals surface area contributed by atoms with Crippen molar-refractivity contribution < 1.29 is 19.0 Å². The molecule has 31 heavy (non-hydrogen) atoms. The van der Waals surface area contributed by atoms with Gasteiger partial charge in [-0.05, 0) is 29.5 Å². The van der Waals surface area contributed by atoms with E-state index in [1.165, 1.54) is 18.3 Å². The van der Waals surface area contributed by atoms with Crippen molar-refractivity contribution >= 4 is 28.7 Å². The van der Waals surface area contributed by atoms with Gasteiger partial charge in [0.1, 0.15) is 24.0 Å². The van der Waals surface area contributed by atoms with Gasteiger partial charge >= 0.3 is 5.97 Å². The Kier molecular flexibility index (Phi) is 6.81. The second kappa shape index (κ2) is 9.20. The molecule has 0 saturated carbocycles. The van der Waals surface area contributed by atoms with Gasteiger partial charge in [0.05, 0.1) is 11.1 Å². The summed E-state index contributed by atoms with van der Waals surface area (Å²) in [5, 5.41) is 11.0. The van der Waals surface area contributed by atoms with Crippen molar-refractivity contribution in [1.29, 1.82) is 0 Å². The van der Waals surface area contributed by atoms with Gasteiger partial charge < -0.3 is 15.6 Å². The predicted octanol–water partition coefficient (Wildman–Crippen LogP) is 4.32. The first kappa shape index (κ1) is 23.0. The van der Waals surface area contributed by atoms with Crippen LogP contribution >= 0.6 is 11.6 Å². The van der Waals surface area contributed by atoms with Gasteiger partial charge in [0.2, 0.25) is 0 Å². The molecule has 0 amide bonds. The van der Waals surface area contributed by atoms with Crippen molar-refractivity contribution in [2.24, 2.45) is 17.6 Å². The number of imidazole rings is 1. The number of aromatic nitrogens is 3. The maximum Gasteiger partial charge on any atom is 0.323 e. The van der Waals surface area contributed by atoms with Gasteiger partial charge in [0, 0.05) is 11.8 Å². The van der Waals surface area contributed by atoms with Crippen LogP contribution in [0.1, 0.15) is 33.7 Å². The second-order valence-corrected chi connectivity index (χ2v) is 8.56. The Hall–Kier alpha value is -2.71. The van der Waals surface area contributed by atoms with E-state index in [0.29, 0.717) is 21.7 Å². The molecule has 0 radical (unpaired) electrons. The van der Waals surface area contributed by atoms with Gasteiger partial charge in [-0.2, -0.15) is 4.98 Å². The first-order chi connectivity index (χ1) is 14.6. The smallest absolute Gasteiger partial charge is 0.323 e. The molecule has 9 heteroatoms. The Labute approximate surface area is 185 Å². The third kappa shape index (κ3) is 4.65. The van der Waals surface area contributed by atoms with Gasteiger partial charge in [-0.3, -0.25) is 9.36 Å². The fourth-order valence-corrected chi connectivity index (χ4v) is 3.58. The quantitative estimate of drug-likeness (QED) is 0.522. The fourth-order valence-electron chi connectivity index (χ4n) is 3.33. The number of pyridine rings is 1. The van der Waals surface area contributed by atoms with E-state index in [2.05, 4.69) is 9.97 Å². The van der Waals surface area contributed by atoms with Gasteiger partial charge in [0.15, 0.2) is 5.65 Å². The number of hydrogen-bond donors (Lipinski definition) is 2. The molecule has 1 aromatic carbocycles. The third-order valence-electron chi connectivity index (χ3n) is 5.27. The average Bonchev–Trinajstić information content (AvgIpc) is 3.04. The zero-order valence-electron chi connectivity index (χ0n) is 17.8. The van der Waals surface area contributed by atoms with Crippen LogP contribution in [0.2, 0.25) is 5.02 Å². The van der Waals surface area contributed by atoms with Crippen molar-refractivity contribution in [2.45, 2.75) is 39.8 Å². The minimum atomic E-state index is -0.744. The molecule has 7 nitrogen and oxygen atoms in total. The molecule has 0 bridgehead atoms. The summed E-state index contributed by atoms with van der Waals surface area (Å²) in [6, 6.07) is 4.35. The van der Waals surface area contributed by atoms with Crippen LogP contribution in [0.15, 0.2) is 30.5 Å². The Balaban J connectivity index is 2.11. The number of fused-ring (bicyclic) bond motifs is 1. The van der Waals surface area contributed by atoms with Gasteiger partial charge in [-0.15, -0.1) is 0 Å². The van der Waals surface area contributed by atoms with Crippen LogP contribution in [0.3, 0.4) is 0 Å². The van der Waals surface area contributed by atoms with Crippen molar-refractivity contribution in [2.75, 3.05) is 6.61 Å². The number of carbonyl (C=O) groups is 1. The van der Waals surface area contributed by atoms with E-state index in [-0.39, 0.29) is 35.9 Å². The molecule has 0 fully saturated rings. The summed E-state index contributed by atoms with van der Waals surface area (Å²) in [6.45, 7) is 7.52. The Bertz CT molecular complexity index is 1080. The van der Waals surface area contributed by atoms with E-state index in [1.807, 2.05) is 27.7 Å². The zero-order valence-corrected chi connectivity index (χ0v) is 18.6. The standard InChI is InChI=1S/C22H26ClFN4O3/c1-11(2)16(10-31-21(29)18(25)12(3)4)28-19-17(13-5-7-14(24)8-6-13)15(23)9-26-20(19)27-22(28)30/h5-9,11-12,16,18H,10,25H2,1-4H3,(H,26,27,30)/t16-,18+/m1/s1. The van der Waals surface area contributed by atoms with E-state index in [4.69, 9.17) is 22.1 Å². The van der Waals surface area contributed by atoms with Crippen LogP contribution < -0.4 is 5.73 Å². The summed E-state index contributed by atoms with van der Waals surface area (Å²) in [5.74, 6) is -1.01. The molecular weight excluding hydrogens is 423 g/mol. The number of esters is 1. The van der Waals surface area contributed by atoms with Crippen LogP contribution in [0.25, 0.3) is 22.3 Å². The molecule has 3 aromatic rings. The minimum Gasteiger partial charge on any atom is -0.480 e. The summed E-state index contributed by atoms with van der Waals surface area (Å²) >= 11 is 6.47. The van der Waals surface area contributed by atoms with Crippen molar-refractivity contribution in [3.63, 3.8) is 0 Å². The number of hydrogen-bond acceptors (Lipinski definition) is 6. The number of halogens is 2. The normalized spacial score (nSPS) is 13.7. The summed E-state index contributed by atoms with van der Waals surface area (Å²) in [7, 11) is 0. The number of rotatable bonds is 7. The Morgan fingerprint density at radius 3 is 2.45 bits per heavy atom. The highest BCUT2D eigenvalue weighted by molar-refractivity contribution is 6.34. The van der Waals surface area contributed by atoms with Gasteiger partial charge in [-0.25, -0.2) is 9.37 Å². The number of benzene rings is 1. The lowest BCUT2D eigenvalue weighted by Gasteiger charge is -2.25. The third-order valence-corrected chi connectivity index (χ3v) is 5.56. The van der Waals surface area contributed by atoms with Crippen molar-refractivity contribution in [1.82, 2.24) is 14.5 Å². The second-order valence-electron chi connectivity index (χ2n) is 8.15. The summed E-state index contributed by atoms with van der Waals surface area (Å²) in [4.78, 5) is 20.7. The molecule has 2 heterocycles. The summed E-state index contributed by atoms with van der Waals surface area (Å²) in [5.41, 5.74) is 7.83. The molecule has 0 spiro atoms. The summed E-state index contributed by atoms with van der Waals surface area (Å²) in [6.07, 6.45) is 1.44. The molecule has 166 valence electrons. The Morgan fingerprint density at radius 1 is 1.23 bits per heavy atom. The van der Waals surface area contributed by atoms with E-state index in [9.17, 15) is 14.3 Å². The summed E-state index contributed by atoms with van der Waals surface area (Å²) < 4.78 is 20.5. The van der Waals surface area contributed by atoms with Crippen LogP contribution in [0, 0.1) is 17.7 Å². The lowest BCUT2D eigenvalue weighted by atomic mass is 10.0. The van der Waals surface area contributed by atoms with E-state index in [1.54, 1.807) is 16.7 Å². The number of ether oxygens (including phenoxy) is 1.